The zero-order chi connectivity index (χ0) is 6.85. The first-order valence-electron chi connectivity index (χ1n) is 2.76. The molecule has 1 unspecified atom stereocenters. The molecular weight excluding hydrogens is 118 g/mol. The lowest BCUT2D eigenvalue weighted by Crippen LogP contribution is -2.28. The molecule has 1 atom stereocenters. The number of allylic oxidation sites excluding steroid dienone is 2. The topological polar surface area (TPSA) is 43.7 Å². The molecule has 0 aromatic heterocycles. The summed E-state index contributed by atoms with van der Waals surface area (Å²) in [7, 11) is 0. The largest absolute Gasteiger partial charge is 0.510 e. The van der Waals surface area contributed by atoms with Crippen LogP contribution in [0.1, 0.15) is 6.92 Å². The van der Waals surface area contributed by atoms with Crippen LogP contribution in [0.2, 0.25) is 0 Å². The number of hydroxylamine groups is 2. The van der Waals surface area contributed by atoms with Crippen LogP contribution in [0.25, 0.3) is 0 Å². The Balaban J connectivity index is 2.73. The van der Waals surface area contributed by atoms with Crippen molar-refractivity contribution in [2.24, 2.45) is 0 Å². The van der Waals surface area contributed by atoms with Crippen molar-refractivity contribution in [3.63, 3.8) is 0 Å². The Morgan fingerprint density at radius 2 is 2.33 bits per heavy atom. The van der Waals surface area contributed by atoms with Gasteiger partial charge in [0.2, 0.25) is 0 Å². The molecule has 1 aliphatic rings. The van der Waals surface area contributed by atoms with Crippen molar-refractivity contribution in [3.05, 3.63) is 24.1 Å². The number of nitrogens with zero attached hydrogens (tertiary/aromatic N) is 1. The van der Waals surface area contributed by atoms with Crippen molar-refractivity contribution in [1.29, 1.82) is 0 Å². The Labute approximate surface area is 53.5 Å². The molecular formula is C6H9NO2. The molecule has 1 rings (SSSR count). The fourth-order valence-electron chi connectivity index (χ4n) is 0.634. The van der Waals surface area contributed by atoms with Crippen molar-refractivity contribution in [2.45, 2.75) is 13.0 Å². The first-order valence-corrected chi connectivity index (χ1v) is 2.76. The second-order valence-electron chi connectivity index (χ2n) is 1.99. The van der Waals surface area contributed by atoms with Crippen LogP contribution in [0, 0.1) is 0 Å². The zero-order valence-corrected chi connectivity index (χ0v) is 5.15. The Morgan fingerprint density at radius 3 is 2.78 bits per heavy atom. The van der Waals surface area contributed by atoms with E-state index in [1.54, 1.807) is 19.1 Å². The van der Waals surface area contributed by atoms with Gasteiger partial charge in [-0.1, -0.05) is 0 Å². The maximum Gasteiger partial charge on any atom is 0.117 e. The van der Waals surface area contributed by atoms with Crippen LogP contribution in [-0.4, -0.2) is 21.4 Å². The third-order valence-corrected chi connectivity index (χ3v) is 1.33. The minimum absolute atomic E-state index is 0.181. The second-order valence-corrected chi connectivity index (χ2v) is 1.99. The van der Waals surface area contributed by atoms with E-state index in [1.165, 1.54) is 6.20 Å². The predicted octanol–water partition coefficient (Wildman–Crippen LogP) is 1.04. The van der Waals surface area contributed by atoms with Gasteiger partial charge in [-0.15, -0.1) is 0 Å². The fraction of sp³-hybridized carbons (Fsp3) is 0.333. The molecule has 0 aliphatic carbocycles. The summed E-state index contributed by atoms with van der Waals surface area (Å²) < 4.78 is 0. The molecule has 1 aliphatic heterocycles. The van der Waals surface area contributed by atoms with Crippen LogP contribution in [0.15, 0.2) is 24.1 Å². The van der Waals surface area contributed by atoms with E-state index >= 15 is 0 Å². The van der Waals surface area contributed by atoms with Crippen molar-refractivity contribution >= 4 is 0 Å². The molecule has 0 saturated heterocycles. The highest BCUT2D eigenvalue weighted by molar-refractivity contribution is 5.15. The average molecular weight is 127 g/mol. The summed E-state index contributed by atoms with van der Waals surface area (Å²) in [6.45, 7) is 1.70. The van der Waals surface area contributed by atoms with Gasteiger partial charge >= 0.3 is 0 Å². The van der Waals surface area contributed by atoms with Gasteiger partial charge in [0.1, 0.15) is 11.8 Å². The number of rotatable bonds is 0. The third-order valence-electron chi connectivity index (χ3n) is 1.33. The minimum atomic E-state index is -0.310. The average Bonchev–Trinajstić information content (AvgIpc) is 1.83. The first kappa shape index (κ1) is 6.16. The summed E-state index contributed by atoms with van der Waals surface area (Å²) in [5.41, 5.74) is 0. The van der Waals surface area contributed by atoms with Crippen LogP contribution >= 0.6 is 0 Å². The van der Waals surface area contributed by atoms with Gasteiger partial charge in [0.15, 0.2) is 0 Å². The van der Waals surface area contributed by atoms with Crippen molar-refractivity contribution < 1.29 is 10.3 Å². The van der Waals surface area contributed by atoms with Gasteiger partial charge < -0.3 is 5.11 Å². The molecule has 0 aromatic carbocycles. The Bertz CT molecular complexity index is 162. The number of hydrogen-bond donors (Lipinski definition) is 2. The van der Waals surface area contributed by atoms with Gasteiger partial charge in [-0.25, -0.2) is 0 Å². The van der Waals surface area contributed by atoms with Crippen molar-refractivity contribution in [3.8, 4) is 0 Å². The second kappa shape index (κ2) is 2.11. The molecule has 0 spiro atoms. The van der Waals surface area contributed by atoms with Crippen LogP contribution in [0.5, 0.6) is 0 Å². The molecule has 0 radical (unpaired) electrons. The molecule has 0 bridgehead atoms. The quantitative estimate of drug-likeness (QED) is 0.511. The SMILES string of the molecule is CC1C(O)=CC=CN1O. The van der Waals surface area contributed by atoms with E-state index in [0.717, 1.165) is 5.06 Å². The molecule has 50 valence electrons. The molecule has 1 heterocycles. The summed E-state index contributed by atoms with van der Waals surface area (Å²) in [6.07, 6.45) is 4.62. The van der Waals surface area contributed by atoms with Gasteiger partial charge in [-0.3, -0.25) is 10.3 Å². The lowest BCUT2D eigenvalue weighted by Gasteiger charge is -2.22. The Morgan fingerprint density at radius 1 is 1.67 bits per heavy atom. The molecule has 0 fully saturated rings. The van der Waals surface area contributed by atoms with E-state index in [2.05, 4.69) is 0 Å². The van der Waals surface area contributed by atoms with E-state index in [4.69, 9.17) is 10.3 Å². The first-order chi connectivity index (χ1) is 4.22. The monoisotopic (exact) mass is 127 g/mol. The van der Waals surface area contributed by atoms with Gasteiger partial charge in [-0.05, 0) is 19.1 Å². The normalized spacial score (nSPS) is 26.2. The van der Waals surface area contributed by atoms with Gasteiger partial charge in [0, 0.05) is 6.20 Å². The van der Waals surface area contributed by atoms with Crippen LogP contribution < -0.4 is 0 Å². The summed E-state index contributed by atoms with van der Waals surface area (Å²) in [6, 6.07) is -0.310. The number of aliphatic hydroxyl groups excluding tert-OH is 1. The summed E-state index contributed by atoms with van der Waals surface area (Å²) in [5, 5.41) is 18.8. The van der Waals surface area contributed by atoms with Crippen LogP contribution in [-0.2, 0) is 0 Å². The lowest BCUT2D eigenvalue weighted by atomic mass is 10.2. The zero-order valence-electron chi connectivity index (χ0n) is 5.15. The number of hydrogen-bond acceptors (Lipinski definition) is 3. The highest BCUT2D eigenvalue weighted by atomic mass is 16.5. The van der Waals surface area contributed by atoms with E-state index < -0.39 is 0 Å². The fourth-order valence-corrected chi connectivity index (χ4v) is 0.634. The third kappa shape index (κ3) is 1.05. The molecule has 3 nitrogen and oxygen atoms in total. The molecule has 0 aromatic rings. The highest BCUT2D eigenvalue weighted by Crippen LogP contribution is 2.09. The van der Waals surface area contributed by atoms with Crippen molar-refractivity contribution in [1.82, 2.24) is 5.06 Å². The smallest absolute Gasteiger partial charge is 0.117 e. The summed E-state index contributed by atoms with van der Waals surface area (Å²) >= 11 is 0. The van der Waals surface area contributed by atoms with E-state index in [-0.39, 0.29) is 11.8 Å². The van der Waals surface area contributed by atoms with E-state index in [0.29, 0.717) is 0 Å². The standard InChI is InChI=1S/C6H9NO2/c1-5-6(8)3-2-4-7(5)9/h2-5,8-9H,1H3. The van der Waals surface area contributed by atoms with Crippen molar-refractivity contribution in [2.75, 3.05) is 0 Å². The lowest BCUT2D eigenvalue weighted by molar-refractivity contribution is -0.0735. The van der Waals surface area contributed by atoms with Crippen LogP contribution in [0.4, 0.5) is 0 Å². The minimum Gasteiger partial charge on any atom is -0.510 e. The molecule has 2 N–H and O–H groups in total. The van der Waals surface area contributed by atoms with Gasteiger partial charge in [0.25, 0.3) is 0 Å². The summed E-state index contributed by atoms with van der Waals surface area (Å²) in [5.74, 6) is 0.181. The van der Waals surface area contributed by atoms with E-state index in [9.17, 15) is 0 Å². The Kier molecular flexibility index (Phi) is 1.44. The highest BCUT2D eigenvalue weighted by Gasteiger charge is 2.13. The number of aliphatic hydroxyl groups is 1. The predicted molar refractivity (Wildman–Crippen MR) is 32.9 cm³/mol. The summed E-state index contributed by atoms with van der Waals surface area (Å²) in [4.78, 5) is 0. The van der Waals surface area contributed by atoms with Gasteiger partial charge in [-0.2, -0.15) is 0 Å². The van der Waals surface area contributed by atoms with Gasteiger partial charge in [0.05, 0.1) is 0 Å². The molecule has 0 amide bonds. The maximum absolute atomic E-state index is 8.96. The molecule has 3 heteroatoms. The Hall–Kier alpha value is -0.960. The molecule has 9 heavy (non-hydrogen) atoms. The molecule has 0 saturated carbocycles. The van der Waals surface area contributed by atoms with Crippen LogP contribution in [0.3, 0.4) is 0 Å². The maximum atomic E-state index is 8.96. The van der Waals surface area contributed by atoms with E-state index in [1.807, 2.05) is 0 Å².